The lowest BCUT2D eigenvalue weighted by molar-refractivity contribution is -0.151. The largest absolute Gasteiger partial charge is 0.467 e. The van der Waals surface area contributed by atoms with Gasteiger partial charge in [0.2, 0.25) is 17.7 Å². The smallest absolute Gasteiger partial charge is 0.328 e. The SMILES string of the molecule is COC(=O)[C@@H]1C[C@@H](O)CN1C(=O)CN(C)C[C@H](C(C)C)N(C)C(=O)[C@@H](NC(=O)[C@H]1CCCCN1C)C(C)(C)C. The van der Waals surface area contributed by atoms with Crippen LogP contribution in [0.5, 0.6) is 0 Å². The van der Waals surface area contributed by atoms with Crippen molar-refractivity contribution >= 4 is 23.7 Å². The number of aliphatic hydroxyl groups excluding tert-OH is 1. The number of carbonyl (C=O) groups excluding carboxylic acids is 4. The van der Waals surface area contributed by atoms with E-state index >= 15 is 0 Å². The minimum Gasteiger partial charge on any atom is -0.467 e. The van der Waals surface area contributed by atoms with Crippen molar-refractivity contribution in [2.75, 3.05) is 54.4 Å². The fourth-order valence-electron chi connectivity index (χ4n) is 5.60. The third-order valence-corrected chi connectivity index (χ3v) is 8.06. The molecule has 39 heavy (non-hydrogen) atoms. The number of amides is 3. The van der Waals surface area contributed by atoms with Gasteiger partial charge in [0.05, 0.1) is 25.8 Å². The Hall–Kier alpha value is -2.24. The van der Waals surface area contributed by atoms with Crippen LogP contribution in [0.3, 0.4) is 0 Å². The van der Waals surface area contributed by atoms with Gasteiger partial charge in [0.25, 0.3) is 0 Å². The van der Waals surface area contributed by atoms with Gasteiger partial charge in [0, 0.05) is 32.6 Å². The number of hydrogen-bond acceptors (Lipinski definition) is 8. The third kappa shape index (κ3) is 8.62. The lowest BCUT2D eigenvalue weighted by Crippen LogP contribution is -2.60. The molecule has 0 aromatic rings. The molecule has 0 bridgehead atoms. The van der Waals surface area contributed by atoms with Crippen molar-refractivity contribution in [2.24, 2.45) is 11.3 Å². The molecule has 0 unspecified atom stereocenters. The molecule has 0 aliphatic carbocycles. The summed E-state index contributed by atoms with van der Waals surface area (Å²) in [7, 11) is 6.77. The quantitative estimate of drug-likeness (QED) is 0.376. The molecule has 224 valence electrons. The highest BCUT2D eigenvalue weighted by molar-refractivity contribution is 5.90. The van der Waals surface area contributed by atoms with Crippen LogP contribution in [-0.2, 0) is 23.9 Å². The van der Waals surface area contributed by atoms with E-state index in [9.17, 15) is 24.3 Å². The number of piperidine rings is 1. The molecule has 2 aliphatic heterocycles. The van der Waals surface area contributed by atoms with Gasteiger partial charge in [0.1, 0.15) is 12.1 Å². The van der Waals surface area contributed by atoms with Crippen molar-refractivity contribution in [1.82, 2.24) is 24.9 Å². The molecule has 5 atom stereocenters. The number of aliphatic hydroxyl groups is 1. The van der Waals surface area contributed by atoms with E-state index in [1.54, 1.807) is 19.0 Å². The summed E-state index contributed by atoms with van der Waals surface area (Å²) in [6.07, 6.45) is 2.23. The first-order valence-electron chi connectivity index (χ1n) is 14.1. The topological polar surface area (TPSA) is 123 Å². The van der Waals surface area contributed by atoms with Crippen LogP contribution in [0.1, 0.15) is 60.3 Å². The first-order chi connectivity index (χ1) is 18.1. The second kappa shape index (κ2) is 13.9. The van der Waals surface area contributed by atoms with Crippen molar-refractivity contribution in [1.29, 1.82) is 0 Å². The number of likely N-dealkylation sites (tertiary alicyclic amines) is 2. The van der Waals surface area contributed by atoms with Crippen molar-refractivity contribution in [3.8, 4) is 0 Å². The van der Waals surface area contributed by atoms with Gasteiger partial charge in [0.15, 0.2) is 0 Å². The average Bonchev–Trinajstić information content (AvgIpc) is 3.25. The van der Waals surface area contributed by atoms with Gasteiger partial charge in [-0.1, -0.05) is 41.0 Å². The summed E-state index contributed by atoms with van der Waals surface area (Å²) >= 11 is 0. The summed E-state index contributed by atoms with van der Waals surface area (Å²) in [6, 6.07) is -1.96. The Morgan fingerprint density at radius 2 is 1.74 bits per heavy atom. The molecule has 0 aromatic carbocycles. The van der Waals surface area contributed by atoms with E-state index < -0.39 is 29.6 Å². The normalized spacial score (nSPS) is 24.0. The number of nitrogens with zero attached hydrogens (tertiary/aromatic N) is 4. The molecular formula is C28H51N5O6. The predicted molar refractivity (Wildman–Crippen MR) is 149 cm³/mol. The lowest BCUT2D eigenvalue weighted by Gasteiger charge is -2.40. The van der Waals surface area contributed by atoms with Crippen molar-refractivity contribution < 1.29 is 29.0 Å². The Morgan fingerprint density at radius 3 is 2.28 bits per heavy atom. The van der Waals surface area contributed by atoms with E-state index in [0.29, 0.717) is 6.54 Å². The number of methoxy groups -OCH3 is 1. The number of hydrogen-bond donors (Lipinski definition) is 2. The minimum absolute atomic E-state index is 0.0267. The standard InChI is InChI=1S/C28H51N5O6/c1-18(2)22(16-30(6)17-23(35)33-15-19(34)14-21(33)27(38)39-9)32(8)26(37)24(28(3,4)5)29-25(36)20-12-10-11-13-31(20)7/h18-22,24,34H,10-17H2,1-9H3,(H,29,36)/t19-,20-,21+,22-,24-/m1/s1. The van der Waals surface area contributed by atoms with E-state index in [1.807, 2.05) is 46.6 Å². The van der Waals surface area contributed by atoms with Gasteiger partial charge in [-0.3, -0.25) is 24.2 Å². The number of rotatable bonds is 10. The monoisotopic (exact) mass is 553 g/mol. The fourth-order valence-corrected chi connectivity index (χ4v) is 5.60. The van der Waals surface area contributed by atoms with E-state index in [0.717, 1.165) is 25.8 Å². The summed E-state index contributed by atoms with van der Waals surface area (Å²) in [5.74, 6) is -1.02. The van der Waals surface area contributed by atoms with Crippen LogP contribution in [0.25, 0.3) is 0 Å². The maximum absolute atomic E-state index is 13.9. The molecule has 11 nitrogen and oxygen atoms in total. The highest BCUT2D eigenvalue weighted by Crippen LogP contribution is 2.25. The molecule has 2 N–H and O–H groups in total. The van der Waals surface area contributed by atoms with Crippen LogP contribution < -0.4 is 5.32 Å². The minimum atomic E-state index is -0.796. The highest BCUT2D eigenvalue weighted by Gasteiger charge is 2.41. The number of β-amino-alcohol motifs (C(OH)–C–C–N with tert-alkyl or cyclic N) is 1. The van der Waals surface area contributed by atoms with Crippen LogP contribution in [0.4, 0.5) is 0 Å². The number of nitrogens with one attached hydrogen (secondary N) is 1. The molecule has 2 heterocycles. The zero-order chi connectivity index (χ0) is 29.7. The Balaban J connectivity index is 2.11. The maximum atomic E-state index is 13.9. The molecule has 2 saturated heterocycles. The molecular weight excluding hydrogens is 502 g/mol. The average molecular weight is 554 g/mol. The van der Waals surface area contributed by atoms with Crippen molar-refractivity contribution in [3.63, 3.8) is 0 Å². The lowest BCUT2D eigenvalue weighted by atomic mass is 9.84. The van der Waals surface area contributed by atoms with Crippen LogP contribution in [0.2, 0.25) is 0 Å². The highest BCUT2D eigenvalue weighted by atomic mass is 16.5. The van der Waals surface area contributed by atoms with Crippen LogP contribution in [0.15, 0.2) is 0 Å². The molecule has 2 aliphatic rings. The molecule has 11 heteroatoms. The Morgan fingerprint density at radius 1 is 1.10 bits per heavy atom. The number of likely N-dealkylation sites (N-methyl/N-ethyl adjacent to an activating group) is 3. The van der Waals surface area contributed by atoms with Gasteiger partial charge in [-0.2, -0.15) is 0 Å². The summed E-state index contributed by atoms with van der Waals surface area (Å²) in [4.78, 5) is 59.2. The van der Waals surface area contributed by atoms with Gasteiger partial charge in [-0.25, -0.2) is 4.79 Å². The third-order valence-electron chi connectivity index (χ3n) is 8.06. The maximum Gasteiger partial charge on any atom is 0.328 e. The number of ether oxygens (including phenoxy) is 1. The first-order valence-corrected chi connectivity index (χ1v) is 14.1. The zero-order valence-corrected chi connectivity index (χ0v) is 25.4. The molecule has 0 radical (unpaired) electrons. The Labute approximate surface area is 234 Å². The van der Waals surface area contributed by atoms with Crippen LogP contribution in [-0.4, -0.2) is 133 Å². The van der Waals surface area contributed by atoms with Crippen molar-refractivity contribution in [2.45, 2.75) is 90.6 Å². The van der Waals surface area contributed by atoms with E-state index in [4.69, 9.17) is 4.74 Å². The van der Waals surface area contributed by atoms with Gasteiger partial charge >= 0.3 is 5.97 Å². The van der Waals surface area contributed by atoms with Gasteiger partial charge in [-0.15, -0.1) is 0 Å². The molecule has 0 aromatic heterocycles. The summed E-state index contributed by atoms with van der Waals surface area (Å²) in [5, 5.41) is 13.1. The predicted octanol–water partition coefficient (Wildman–Crippen LogP) is 0.551. The number of carbonyl (C=O) groups is 4. The van der Waals surface area contributed by atoms with E-state index in [1.165, 1.54) is 12.0 Å². The second-order valence-corrected chi connectivity index (χ2v) is 12.7. The van der Waals surface area contributed by atoms with Gasteiger partial charge < -0.3 is 25.0 Å². The Bertz CT molecular complexity index is 875. The summed E-state index contributed by atoms with van der Waals surface area (Å²) in [6.45, 7) is 11.3. The molecule has 2 rings (SSSR count). The summed E-state index contributed by atoms with van der Waals surface area (Å²) in [5.41, 5.74) is -0.503. The molecule has 0 spiro atoms. The molecule has 0 saturated carbocycles. The summed E-state index contributed by atoms with van der Waals surface area (Å²) < 4.78 is 4.81. The molecule has 3 amide bonds. The van der Waals surface area contributed by atoms with E-state index in [2.05, 4.69) is 10.2 Å². The number of esters is 1. The van der Waals surface area contributed by atoms with Crippen molar-refractivity contribution in [3.05, 3.63) is 0 Å². The fraction of sp³-hybridized carbons (Fsp3) is 0.857. The second-order valence-electron chi connectivity index (χ2n) is 12.7. The van der Waals surface area contributed by atoms with E-state index in [-0.39, 0.29) is 55.2 Å². The Kier molecular flexibility index (Phi) is 11.7. The zero-order valence-electron chi connectivity index (χ0n) is 25.4. The van der Waals surface area contributed by atoms with Crippen LogP contribution >= 0.6 is 0 Å². The molecule has 2 fully saturated rings. The first kappa shape index (κ1) is 33.0. The van der Waals surface area contributed by atoms with Crippen LogP contribution in [0, 0.1) is 11.3 Å². The van der Waals surface area contributed by atoms with Gasteiger partial charge in [-0.05, 0) is 44.8 Å².